The summed E-state index contributed by atoms with van der Waals surface area (Å²) in [6.45, 7) is 6.47. The van der Waals surface area contributed by atoms with Crippen LogP contribution in [0.5, 0.6) is 5.75 Å². The Morgan fingerprint density at radius 3 is 2.52 bits per heavy atom. The molecule has 3 rings (SSSR count). The fraction of sp³-hybridized carbons (Fsp3) is 0.417. The van der Waals surface area contributed by atoms with Gasteiger partial charge in [0, 0.05) is 18.7 Å². The van der Waals surface area contributed by atoms with Crippen molar-refractivity contribution in [2.45, 2.75) is 58.1 Å². The maximum absolute atomic E-state index is 13.1. The number of Topliss-reactive ketones (excluding diaryl/α,β-unsaturated/α-hetero) is 1. The van der Waals surface area contributed by atoms with Crippen LogP contribution in [-0.4, -0.2) is 35.0 Å². The molecule has 2 aromatic carbocycles. The van der Waals surface area contributed by atoms with E-state index in [-0.39, 0.29) is 18.0 Å². The van der Waals surface area contributed by atoms with Gasteiger partial charge in [0.15, 0.2) is 11.8 Å². The molecule has 2 aromatic rings. The van der Waals surface area contributed by atoms with E-state index in [0.717, 1.165) is 23.2 Å². The zero-order valence-electron chi connectivity index (χ0n) is 17.4. The molecule has 0 bridgehead atoms. The highest BCUT2D eigenvalue weighted by Gasteiger charge is 2.46. The molecule has 1 saturated heterocycles. The van der Waals surface area contributed by atoms with Gasteiger partial charge >= 0.3 is 5.97 Å². The van der Waals surface area contributed by atoms with E-state index in [4.69, 9.17) is 4.74 Å². The number of hydrogen-bond donors (Lipinski definition) is 1. The standard InChI is InChI=1S/C24H29NO4/c1-4-14-25(19-7-5-6-17(2)15-19)22-21(27)16-24(3,29-23(22)28)13-12-18-8-10-20(26)11-9-18/h5-11,15,22,26H,4,12-14,16H2,1-3H3. The molecule has 0 saturated carbocycles. The molecule has 0 amide bonds. The van der Waals surface area contributed by atoms with Crippen LogP contribution in [0.4, 0.5) is 5.69 Å². The number of esters is 1. The highest BCUT2D eigenvalue weighted by molar-refractivity contribution is 6.08. The smallest absolute Gasteiger partial charge is 0.337 e. The van der Waals surface area contributed by atoms with Crippen LogP contribution >= 0.6 is 0 Å². The molecule has 5 heteroatoms. The fourth-order valence-corrected chi connectivity index (χ4v) is 3.90. The van der Waals surface area contributed by atoms with E-state index in [1.807, 2.05) is 62.1 Å². The van der Waals surface area contributed by atoms with Gasteiger partial charge in [-0.3, -0.25) is 4.79 Å². The Morgan fingerprint density at radius 2 is 1.90 bits per heavy atom. The quantitative estimate of drug-likeness (QED) is 0.562. The van der Waals surface area contributed by atoms with Gasteiger partial charge in [0.2, 0.25) is 0 Å². The van der Waals surface area contributed by atoms with Crippen LogP contribution in [0, 0.1) is 6.92 Å². The number of nitrogens with zero attached hydrogens (tertiary/aromatic N) is 1. The second kappa shape index (κ2) is 8.68. The number of carbonyl (C=O) groups excluding carboxylic acids is 2. The zero-order chi connectivity index (χ0) is 21.0. The Hall–Kier alpha value is -2.82. The molecule has 2 unspecified atom stereocenters. The van der Waals surface area contributed by atoms with Crippen LogP contribution < -0.4 is 4.90 Å². The van der Waals surface area contributed by atoms with Crippen molar-refractivity contribution in [3.05, 3.63) is 59.7 Å². The summed E-state index contributed by atoms with van der Waals surface area (Å²) in [5.41, 5.74) is 2.17. The molecule has 2 atom stereocenters. The molecule has 1 fully saturated rings. The van der Waals surface area contributed by atoms with E-state index >= 15 is 0 Å². The average molecular weight is 395 g/mol. The molecule has 1 aliphatic heterocycles. The van der Waals surface area contributed by atoms with Crippen molar-refractivity contribution < 1.29 is 19.4 Å². The third kappa shape index (κ3) is 4.97. The number of anilines is 1. The van der Waals surface area contributed by atoms with E-state index in [0.29, 0.717) is 19.4 Å². The average Bonchev–Trinajstić information content (AvgIpc) is 2.66. The number of carbonyl (C=O) groups is 2. The number of hydrogen-bond acceptors (Lipinski definition) is 5. The van der Waals surface area contributed by atoms with Crippen molar-refractivity contribution in [1.29, 1.82) is 0 Å². The number of rotatable bonds is 7. The van der Waals surface area contributed by atoms with Crippen molar-refractivity contribution in [3.63, 3.8) is 0 Å². The lowest BCUT2D eigenvalue weighted by molar-refractivity contribution is -0.171. The van der Waals surface area contributed by atoms with Crippen molar-refractivity contribution in [2.24, 2.45) is 0 Å². The predicted octanol–water partition coefficient (Wildman–Crippen LogP) is 4.19. The number of aryl methyl sites for hydroxylation is 2. The Morgan fingerprint density at radius 1 is 1.17 bits per heavy atom. The van der Waals surface area contributed by atoms with Gasteiger partial charge in [-0.15, -0.1) is 0 Å². The van der Waals surface area contributed by atoms with E-state index in [9.17, 15) is 14.7 Å². The lowest BCUT2D eigenvalue weighted by atomic mass is 9.86. The Balaban J connectivity index is 1.74. The van der Waals surface area contributed by atoms with E-state index in [2.05, 4.69) is 0 Å². The van der Waals surface area contributed by atoms with E-state index in [1.165, 1.54) is 0 Å². The summed E-state index contributed by atoms with van der Waals surface area (Å²) < 4.78 is 5.83. The van der Waals surface area contributed by atoms with Gasteiger partial charge in [-0.2, -0.15) is 0 Å². The van der Waals surface area contributed by atoms with Gasteiger partial charge in [-0.1, -0.05) is 31.2 Å². The van der Waals surface area contributed by atoms with Crippen LogP contribution in [0.1, 0.15) is 44.2 Å². The highest BCUT2D eigenvalue weighted by Crippen LogP contribution is 2.32. The molecular formula is C24H29NO4. The first-order valence-electron chi connectivity index (χ1n) is 10.2. The summed E-state index contributed by atoms with van der Waals surface area (Å²) in [5, 5.41) is 9.41. The number of benzene rings is 2. The molecule has 29 heavy (non-hydrogen) atoms. The number of phenols is 1. The maximum atomic E-state index is 13.1. The molecule has 0 aliphatic carbocycles. The Labute approximate surface area is 172 Å². The lowest BCUT2D eigenvalue weighted by Crippen LogP contribution is -2.56. The van der Waals surface area contributed by atoms with E-state index < -0.39 is 17.6 Å². The van der Waals surface area contributed by atoms with Crippen LogP contribution in [0.2, 0.25) is 0 Å². The van der Waals surface area contributed by atoms with Crippen LogP contribution in [-0.2, 0) is 20.7 Å². The van der Waals surface area contributed by atoms with Crippen LogP contribution in [0.15, 0.2) is 48.5 Å². The number of ether oxygens (including phenoxy) is 1. The molecule has 154 valence electrons. The normalized spacial score (nSPS) is 21.7. The summed E-state index contributed by atoms with van der Waals surface area (Å²) in [6.07, 6.45) is 2.25. The van der Waals surface area contributed by atoms with Gasteiger partial charge in [0.25, 0.3) is 0 Å². The third-order valence-corrected chi connectivity index (χ3v) is 5.41. The third-order valence-electron chi connectivity index (χ3n) is 5.41. The first kappa shape index (κ1) is 20.9. The first-order valence-corrected chi connectivity index (χ1v) is 10.2. The number of cyclic esters (lactones) is 1. The molecule has 5 nitrogen and oxygen atoms in total. The molecule has 0 aromatic heterocycles. The number of aromatic hydroxyl groups is 1. The van der Waals surface area contributed by atoms with Crippen molar-refractivity contribution >= 4 is 17.4 Å². The van der Waals surface area contributed by atoms with Crippen molar-refractivity contribution in [3.8, 4) is 5.75 Å². The number of phenolic OH excluding ortho intramolecular Hbond substituents is 1. The second-order valence-electron chi connectivity index (χ2n) is 8.12. The summed E-state index contributed by atoms with van der Waals surface area (Å²) in [7, 11) is 0. The second-order valence-corrected chi connectivity index (χ2v) is 8.12. The highest BCUT2D eigenvalue weighted by atomic mass is 16.6. The van der Waals surface area contributed by atoms with Gasteiger partial charge in [0.05, 0.1) is 0 Å². The molecule has 0 radical (unpaired) electrons. The molecular weight excluding hydrogens is 366 g/mol. The van der Waals surface area contributed by atoms with Crippen molar-refractivity contribution in [2.75, 3.05) is 11.4 Å². The molecule has 1 heterocycles. The topological polar surface area (TPSA) is 66.8 Å². The summed E-state index contributed by atoms with van der Waals surface area (Å²) in [4.78, 5) is 27.9. The first-order chi connectivity index (χ1) is 13.8. The minimum absolute atomic E-state index is 0.0931. The Bertz CT molecular complexity index is 857. The minimum atomic E-state index is -0.890. The SMILES string of the molecule is CCCN(c1cccc(C)c1)C1C(=O)CC(C)(CCc2ccc(O)cc2)OC1=O. The van der Waals surface area contributed by atoms with Crippen molar-refractivity contribution in [1.82, 2.24) is 0 Å². The molecule has 0 spiro atoms. The summed E-state index contributed by atoms with van der Waals surface area (Å²) >= 11 is 0. The lowest BCUT2D eigenvalue weighted by Gasteiger charge is -2.40. The summed E-state index contributed by atoms with van der Waals surface area (Å²) in [5.74, 6) is -0.344. The minimum Gasteiger partial charge on any atom is -0.508 e. The fourth-order valence-electron chi connectivity index (χ4n) is 3.90. The van der Waals surface area contributed by atoms with Crippen LogP contribution in [0.3, 0.4) is 0 Å². The van der Waals surface area contributed by atoms with Crippen LogP contribution in [0.25, 0.3) is 0 Å². The summed E-state index contributed by atoms with van der Waals surface area (Å²) in [6, 6.07) is 13.9. The predicted molar refractivity (Wildman–Crippen MR) is 113 cm³/mol. The van der Waals surface area contributed by atoms with Gasteiger partial charge in [-0.05, 0) is 68.5 Å². The molecule has 1 aliphatic rings. The maximum Gasteiger partial charge on any atom is 0.337 e. The van der Waals surface area contributed by atoms with Gasteiger partial charge in [-0.25, -0.2) is 4.79 Å². The monoisotopic (exact) mass is 395 g/mol. The van der Waals surface area contributed by atoms with Gasteiger partial charge < -0.3 is 14.7 Å². The van der Waals surface area contributed by atoms with E-state index in [1.54, 1.807) is 12.1 Å². The largest absolute Gasteiger partial charge is 0.508 e. The zero-order valence-corrected chi connectivity index (χ0v) is 17.4. The molecule has 1 N–H and O–H groups in total. The Kier molecular flexibility index (Phi) is 6.26. The van der Waals surface area contributed by atoms with Gasteiger partial charge in [0.1, 0.15) is 11.4 Å². The number of ketones is 1.